The van der Waals surface area contributed by atoms with Crippen LogP contribution in [0, 0.1) is 0 Å². The summed E-state index contributed by atoms with van der Waals surface area (Å²) in [6.45, 7) is 2.39. The molecule has 7 nitrogen and oxygen atoms in total. The molecule has 0 bridgehead atoms. The molecule has 1 heterocycles. The molecule has 2 aromatic rings. The third-order valence-corrected chi connectivity index (χ3v) is 5.89. The Balaban J connectivity index is 1.44. The summed E-state index contributed by atoms with van der Waals surface area (Å²) in [4.78, 5) is 12.3. The van der Waals surface area contributed by atoms with Gasteiger partial charge in [-0.15, -0.1) is 0 Å². The summed E-state index contributed by atoms with van der Waals surface area (Å²) in [5.41, 5.74) is 0.673. The van der Waals surface area contributed by atoms with Crippen molar-refractivity contribution < 1.29 is 22.7 Å². The smallest absolute Gasteiger partial charge is 0.239 e. The minimum absolute atomic E-state index is 0.0552. The second-order valence-corrected chi connectivity index (χ2v) is 8.36. The van der Waals surface area contributed by atoms with E-state index in [1.807, 2.05) is 24.3 Å². The van der Waals surface area contributed by atoms with Crippen LogP contribution in [0.15, 0.2) is 53.4 Å². The molecule has 0 saturated carbocycles. The molecule has 8 heteroatoms. The van der Waals surface area contributed by atoms with Crippen molar-refractivity contribution in [2.45, 2.75) is 17.9 Å². The number of sulfone groups is 1. The van der Waals surface area contributed by atoms with E-state index in [0.717, 1.165) is 0 Å². The van der Waals surface area contributed by atoms with E-state index in [1.165, 1.54) is 12.1 Å². The number of rotatable bonds is 7. The third-order valence-electron chi connectivity index (χ3n) is 4.14. The van der Waals surface area contributed by atoms with Gasteiger partial charge < -0.3 is 20.1 Å². The summed E-state index contributed by atoms with van der Waals surface area (Å²) in [5, 5.41) is 5.76. The topological polar surface area (TPSA) is 93.7 Å². The van der Waals surface area contributed by atoms with Gasteiger partial charge in [0, 0.05) is 5.69 Å². The molecule has 0 radical (unpaired) electrons. The van der Waals surface area contributed by atoms with Crippen LogP contribution >= 0.6 is 0 Å². The maximum atomic E-state index is 12.0. The fourth-order valence-corrected chi connectivity index (χ4v) is 3.47. The number of fused-ring (bicyclic) bond motifs is 1. The van der Waals surface area contributed by atoms with Gasteiger partial charge in [-0.05, 0) is 36.4 Å². The Morgan fingerprint density at radius 3 is 2.52 bits per heavy atom. The highest BCUT2D eigenvalue weighted by molar-refractivity contribution is 7.91. The Labute approximate surface area is 158 Å². The highest BCUT2D eigenvalue weighted by atomic mass is 32.2. The van der Waals surface area contributed by atoms with E-state index in [-0.39, 0.29) is 29.2 Å². The first-order valence-electron chi connectivity index (χ1n) is 8.70. The van der Waals surface area contributed by atoms with Crippen molar-refractivity contribution in [3.05, 3.63) is 48.5 Å². The number of carbonyl (C=O) groups excluding carboxylic acids is 1. The maximum absolute atomic E-state index is 12.0. The van der Waals surface area contributed by atoms with Gasteiger partial charge in [0.15, 0.2) is 21.3 Å². The first kappa shape index (κ1) is 19.0. The van der Waals surface area contributed by atoms with Crippen LogP contribution in [0.4, 0.5) is 5.69 Å². The van der Waals surface area contributed by atoms with Crippen LogP contribution in [0.25, 0.3) is 0 Å². The fraction of sp³-hybridized carbons (Fsp3) is 0.316. The van der Waals surface area contributed by atoms with Crippen LogP contribution in [0.1, 0.15) is 6.92 Å². The highest BCUT2D eigenvalue weighted by Gasteiger charge is 2.20. The van der Waals surface area contributed by atoms with Crippen molar-refractivity contribution in [2.24, 2.45) is 0 Å². The van der Waals surface area contributed by atoms with Crippen LogP contribution < -0.4 is 20.1 Å². The minimum atomic E-state index is -3.22. The van der Waals surface area contributed by atoms with Gasteiger partial charge in [-0.1, -0.05) is 19.1 Å². The number of benzene rings is 2. The largest absolute Gasteiger partial charge is 0.486 e. The highest BCUT2D eigenvalue weighted by Crippen LogP contribution is 2.30. The lowest BCUT2D eigenvalue weighted by Crippen LogP contribution is -2.42. The molecule has 2 N–H and O–H groups in total. The predicted molar refractivity (Wildman–Crippen MR) is 102 cm³/mol. The average Bonchev–Trinajstić information content (AvgIpc) is 2.71. The molecule has 2 aromatic carbocycles. The number of hydrogen-bond acceptors (Lipinski definition) is 6. The molecule has 0 unspecified atom stereocenters. The molecule has 27 heavy (non-hydrogen) atoms. The van der Waals surface area contributed by atoms with Gasteiger partial charge in [0.05, 0.1) is 23.7 Å². The summed E-state index contributed by atoms with van der Waals surface area (Å²) in [5.74, 6) is 1.24. The lowest BCUT2D eigenvalue weighted by Gasteiger charge is -2.26. The molecule has 1 aliphatic heterocycles. The summed E-state index contributed by atoms with van der Waals surface area (Å²) in [7, 11) is -3.22. The normalized spacial score (nSPS) is 15.8. The quantitative estimate of drug-likeness (QED) is 0.749. The van der Waals surface area contributed by atoms with E-state index in [2.05, 4.69) is 10.6 Å². The van der Waals surface area contributed by atoms with Crippen LogP contribution in [0.3, 0.4) is 0 Å². The van der Waals surface area contributed by atoms with Gasteiger partial charge in [-0.3, -0.25) is 4.79 Å². The lowest BCUT2D eigenvalue weighted by atomic mass is 10.2. The molecule has 1 atom stereocenters. The maximum Gasteiger partial charge on any atom is 0.239 e. The van der Waals surface area contributed by atoms with Crippen molar-refractivity contribution in [3.63, 3.8) is 0 Å². The van der Waals surface area contributed by atoms with Crippen LogP contribution in [-0.2, 0) is 14.6 Å². The predicted octanol–water partition coefficient (Wildman–Crippen LogP) is 1.85. The molecule has 144 valence electrons. The summed E-state index contributed by atoms with van der Waals surface area (Å²) in [6.07, 6.45) is -0.248. The third kappa shape index (κ3) is 4.91. The Bertz CT molecular complexity index is 897. The molecular weight excluding hydrogens is 368 g/mol. The Kier molecular flexibility index (Phi) is 5.85. The van der Waals surface area contributed by atoms with Gasteiger partial charge >= 0.3 is 0 Å². The summed E-state index contributed by atoms with van der Waals surface area (Å²) in [6, 6.07) is 13.8. The Hall–Kier alpha value is -2.74. The van der Waals surface area contributed by atoms with Gasteiger partial charge in [-0.25, -0.2) is 8.42 Å². The fourth-order valence-electron chi connectivity index (χ4n) is 2.58. The van der Waals surface area contributed by atoms with E-state index in [4.69, 9.17) is 9.47 Å². The van der Waals surface area contributed by atoms with E-state index in [1.54, 1.807) is 19.1 Å². The molecular formula is C19H22N2O5S. The van der Waals surface area contributed by atoms with Crippen LogP contribution in [-0.4, -0.2) is 45.9 Å². The zero-order valence-corrected chi connectivity index (χ0v) is 15.8. The molecule has 0 saturated heterocycles. The lowest BCUT2D eigenvalue weighted by molar-refractivity contribution is -0.119. The molecule has 0 spiro atoms. The summed E-state index contributed by atoms with van der Waals surface area (Å²) >= 11 is 0. The van der Waals surface area contributed by atoms with E-state index >= 15 is 0 Å². The van der Waals surface area contributed by atoms with Gasteiger partial charge in [-0.2, -0.15) is 0 Å². The number of nitrogens with one attached hydrogen (secondary N) is 2. The first-order valence-corrected chi connectivity index (χ1v) is 10.3. The van der Waals surface area contributed by atoms with Gasteiger partial charge in [0.25, 0.3) is 0 Å². The molecule has 0 aliphatic carbocycles. The van der Waals surface area contributed by atoms with Crippen molar-refractivity contribution in [2.75, 3.05) is 30.8 Å². The molecule has 0 fully saturated rings. The number of carbonyl (C=O) groups is 1. The molecule has 0 aromatic heterocycles. The van der Waals surface area contributed by atoms with Crippen LogP contribution in [0.2, 0.25) is 0 Å². The number of ether oxygens (including phenoxy) is 2. The molecule has 1 aliphatic rings. The van der Waals surface area contributed by atoms with E-state index < -0.39 is 9.84 Å². The van der Waals surface area contributed by atoms with E-state index in [0.29, 0.717) is 30.3 Å². The van der Waals surface area contributed by atoms with Crippen molar-refractivity contribution in [1.29, 1.82) is 0 Å². The summed E-state index contributed by atoms with van der Waals surface area (Å²) < 4.78 is 35.0. The zero-order valence-electron chi connectivity index (χ0n) is 15.0. The number of hydrogen-bond donors (Lipinski definition) is 2. The number of para-hydroxylation sites is 2. The Morgan fingerprint density at radius 1 is 1.11 bits per heavy atom. The standard InChI is InChI=1S/C19H22N2O5S/c1-2-27(23,24)16-9-7-14(8-10-16)20-12-19(22)21-11-15-13-25-17-5-3-4-6-18(17)26-15/h3-10,15,20H,2,11-13H2,1H3,(H,21,22)/t15-/m0/s1. The molecule has 3 rings (SSSR count). The Morgan fingerprint density at radius 2 is 1.81 bits per heavy atom. The van der Waals surface area contributed by atoms with E-state index in [9.17, 15) is 13.2 Å². The van der Waals surface area contributed by atoms with Crippen molar-refractivity contribution in [1.82, 2.24) is 5.32 Å². The monoisotopic (exact) mass is 390 g/mol. The second kappa shape index (κ2) is 8.30. The SMILES string of the molecule is CCS(=O)(=O)c1ccc(NCC(=O)NC[C@H]2COc3ccccc3O2)cc1. The second-order valence-electron chi connectivity index (χ2n) is 6.08. The van der Waals surface area contributed by atoms with Crippen LogP contribution in [0.5, 0.6) is 11.5 Å². The minimum Gasteiger partial charge on any atom is -0.486 e. The van der Waals surface area contributed by atoms with Gasteiger partial charge in [0.2, 0.25) is 5.91 Å². The molecule has 1 amide bonds. The zero-order chi connectivity index (χ0) is 19.3. The van der Waals surface area contributed by atoms with Crippen molar-refractivity contribution in [3.8, 4) is 11.5 Å². The van der Waals surface area contributed by atoms with Crippen molar-refractivity contribution >= 4 is 21.4 Å². The van der Waals surface area contributed by atoms with Gasteiger partial charge in [0.1, 0.15) is 12.7 Å². The number of amides is 1. The first-order chi connectivity index (χ1) is 13.0. The average molecular weight is 390 g/mol. The number of anilines is 1.